The van der Waals surface area contributed by atoms with E-state index >= 15 is 0 Å². The van der Waals surface area contributed by atoms with Crippen LogP contribution in [0, 0.1) is 0 Å². The first-order valence-corrected chi connectivity index (χ1v) is 7.67. The second kappa shape index (κ2) is 7.29. The molecule has 0 amide bonds. The number of anilines is 1. The third-order valence-electron chi connectivity index (χ3n) is 4.28. The molecule has 2 heterocycles. The number of nitrogens with zero attached hydrogens (tertiary/aromatic N) is 2. The van der Waals surface area contributed by atoms with Crippen molar-refractivity contribution in [2.24, 2.45) is 0 Å². The Balaban J connectivity index is 0.00000176. The summed E-state index contributed by atoms with van der Waals surface area (Å²) in [5.74, 6) is -0.199. The van der Waals surface area contributed by atoms with E-state index in [-0.39, 0.29) is 35.5 Å². The summed E-state index contributed by atoms with van der Waals surface area (Å²) in [6.45, 7) is 8.96. The van der Waals surface area contributed by atoms with E-state index in [4.69, 9.17) is 4.74 Å². The van der Waals surface area contributed by atoms with Gasteiger partial charge in [-0.25, -0.2) is 0 Å². The molecule has 0 saturated carbocycles. The molecule has 120 valence electrons. The smallest absolute Gasteiger partial charge is 0.325 e. The molecular formula is C17H23BrN2O2. The highest BCUT2D eigenvalue weighted by Crippen LogP contribution is 2.45. The molecule has 0 radical (unpaired) electrons. The molecule has 0 spiro atoms. The fourth-order valence-electron chi connectivity index (χ4n) is 3.38. The minimum atomic E-state index is -0.199. The molecule has 1 atom stereocenters. The molecule has 2 aliphatic heterocycles. The normalized spacial score (nSPS) is 20.7. The standard InChI is InChI=1S/C17H22N2O2.BrH/c1-3-21-16(20)12-19-13(2)17(18-10-6-7-11-18)14-8-4-5-9-15(14)19;/h4-5,8-9,17H,2-3,6-7,10-12H2,1H3;1H. The van der Waals surface area contributed by atoms with Crippen molar-refractivity contribution in [1.29, 1.82) is 0 Å². The summed E-state index contributed by atoms with van der Waals surface area (Å²) in [5, 5.41) is 0. The number of rotatable bonds is 4. The second-order valence-corrected chi connectivity index (χ2v) is 5.59. The molecular weight excluding hydrogens is 344 g/mol. The number of hydrogen-bond acceptors (Lipinski definition) is 4. The monoisotopic (exact) mass is 366 g/mol. The fraction of sp³-hybridized carbons (Fsp3) is 0.471. The van der Waals surface area contributed by atoms with Crippen LogP contribution in [0.1, 0.15) is 31.4 Å². The number of halogens is 1. The Morgan fingerprint density at radius 3 is 2.68 bits per heavy atom. The lowest BCUT2D eigenvalue weighted by Crippen LogP contribution is -2.32. The lowest BCUT2D eigenvalue weighted by molar-refractivity contribution is -0.141. The Labute approximate surface area is 142 Å². The van der Waals surface area contributed by atoms with Crippen molar-refractivity contribution >= 4 is 28.6 Å². The number of carbonyl (C=O) groups is 1. The van der Waals surface area contributed by atoms with E-state index < -0.39 is 0 Å². The maximum absolute atomic E-state index is 11.9. The van der Waals surface area contributed by atoms with Crippen LogP contribution >= 0.6 is 17.0 Å². The number of esters is 1. The van der Waals surface area contributed by atoms with Crippen molar-refractivity contribution in [2.75, 3.05) is 31.1 Å². The first-order valence-electron chi connectivity index (χ1n) is 7.67. The first-order chi connectivity index (χ1) is 10.2. The first kappa shape index (κ1) is 17.0. The minimum Gasteiger partial charge on any atom is -0.465 e. The van der Waals surface area contributed by atoms with Crippen molar-refractivity contribution < 1.29 is 9.53 Å². The molecule has 1 fully saturated rings. The van der Waals surface area contributed by atoms with Gasteiger partial charge in [0.15, 0.2) is 0 Å². The van der Waals surface area contributed by atoms with Crippen LogP contribution in [0.15, 0.2) is 36.5 Å². The Kier molecular flexibility index (Phi) is 5.64. The van der Waals surface area contributed by atoms with Gasteiger partial charge in [0.1, 0.15) is 6.54 Å². The molecule has 0 aromatic heterocycles. The molecule has 1 aromatic carbocycles. The Bertz CT molecular complexity index is 555. The minimum absolute atomic E-state index is 0. The summed E-state index contributed by atoms with van der Waals surface area (Å²) >= 11 is 0. The van der Waals surface area contributed by atoms with Crippen LogP contribution in [0.3, 0.4) is 0 Å². The van der Waals surface area contributed by atoms with Crippen LogP contribution in [0.2, 0.25) is 0 Å². The largest absolute Gasteiger partial charge is 0.465 e. The molecule has 1 saturated heterocycles. The molecule has 2 aliphatic rings. The quantitative estimate of drug-likeness (QED) is 0.765. The Hall–Kier alpha value is -1.33. The molecule has 22 heavy (non-hydrogen) atoms. The topological polar surface area (TPSA) is 32.8 Å². The zero-order valence-electron chi connectivity index (χ0n) is 13.0. The number of ether oxygens (including phenoxy) is 1. The summed E-state index contributed by atoms with van der Waals surface area (Å²) in [6, 6.07) is 8.49. The van der Waals surface area contributed by atoms with Crippen LogP contribution in [0.5, 0.6) is 0 Å². The second-order valence-electron chi connectivity index (χ2n) is 5.59. The maximum Gasteiger partial charge on any atom is 0.325 e. The van der Waals surface area contributed by atoms with Gasteiger partial charge < -0.3 is 9.64 Å². The molecule has 0 aliphatic carbocycles. The van der Waals surface area contributed by atoms with Crippen LogP contribution in [0.25, 0.3) is 0 Å². The van der Waals surface area contributed by atoms with Gasteiger partial charge in [-0.2, -0.15) is 0 Å². The maximum atomic E-state index is 11.9. The zero-order chi connectivity index (χ0) is 14.8. The summed E-state index contributed by atoms with van der Waals surface area (Å²) in [5.41, 5.74) is 3.34. The van der Waals surface area contributed by atoms with E-state index in [1.54, 1.807) is 0 Å². The zero-order valence-corrected chi connectivity index (χ0v) is 14.7. The van der Waals surface area contributed by atoms with Gasteiger partial charge in [0.05, 0.1) is 12.6 Å². The van der Waals surface area contributed by atoms with Gasteiger partial charge in [-0.1, -0.05) is 24.8 Å². The number of benzene rings is 1. The third kappa shape index (κ3) is 3.06. The molecule has 1 unspecified atom stereocenters. The van der Waals surface area contributed by atoms with Gasteiger partial charge in [-0.05, 0) is 44.5 Å². The predicted molar refractivity (Wildman–Crippen MR) is 93.4 cm³/mol. The van der Waals surface area contributed by atoms with Crippen molar-refractivity contribution in [2.45, 2.75) is 25.8 Å². The molecule has 0 N–H and O–H groups in total. The lowest BCUT2D eigenvalue weighted by Gasteiger charge is -2.27. The highest BCUT2D eigenvalue weighted by molar-refractivity contribution is 8.93. The van der Waals surface area contributed by atoms with Gasteiger partial charge in [0.25, 0.3) is 0 Å². The Morgan fingerprint density at radius 1 is 1.32 bits per heavy atom. The number of para-hydroxylation sites is 1. The lowest BCUT2D eigenvalue weighted by atomic mass is 10.1. The molecule has 5 heteroatoms. The summed E-state index contributed by atoms with van der Waals surface area (Å²) in [7, 11) is 0. The van der Waals surface area contributed by atoms with Gasteiger partial charge in [-0.15, -0.1) is 17.0 Å². The molecule has 4 nitrogen and oxygen atoms in total. The number of likely N-dealkylation sites (tertiary alicyclic amines) is 1. The van der Waals surface area contributed by atoms with E-state index in [1.165, 1.54) is 18.4 Å². The van der Waals surface area contributed by atoms with E-state index in [0.717, 1.165) is 24.5 Å². The van der Waals surface area contributed by atoms with Gasteiger partial charge in [0, 0.05) is 11.4 Å². The van der Waals surface area contributed by atoms with Crippen LogP contribution in [-0.4, -0.2) is 37.1 Å². The summed E-state index contributed by atoms with van der Waals surface area (Å²) in [6.07, 6.45) is 2.48. The number of carbonyl (C=O) groups excluding carboxylic acids is 1. The highest BCUT2D eigenvalue weighted by atomic mass is 79.9. The predicted octanol–water partition coefficient (Wildman–Crippen LogP) is 3.30. The van der Waals surface area contributed by atoms with Crippen LogP contribution in [0.4, 0.5) is 5.69 Å². The van der Waals surface area contributed by atoms with Gasteiger partial charge in [0.2, 0.25) is 0 Å². The van der Waals surface area contributed by atoms with Crippen molar-refractivity contribution in [1.82, 2.24) is 4.90 Å². The average molecular weight is 367 g/mol. The summed E-state index contributed by atoms with van der Waals surface area (Å²) in [4.78, 5) is 16.3. The van der Waals surface area contributed by atoms with Gasteiger partial charge in [-0.3, -0.25) is 9.69 Å². The molecule has 0 bridgehead atoms. The van der Waals surface area contributed by atoms with Crippen molar-refractivity contribution in [3.63, 3.8) is 0 Å². The molecule has 1 aromatic rings. The van der Waals surface area contributed by atoms with E-state index in [9.17, 15) is 4.79 Å². The van der Waals surface area contributed by atoms with E-state index in [1.807, 2.05) is 17.9 Å². The summed E-state index contributed by atoms with van der Waals surface area (Å²) < 4.78 is 5.09. The Morgan fingerprint density at radius 2 is 2.00 bits per heavy atom. The highest BCUT2D eigenvalue weighted by Gasteiger charge is 2.37. The fourth-order valence-corrected chi connectivity index (χ4v) is 3.38. The number of fused-ring (bicyclic) bond motifs is 1. The van der Waals surface area contributed by atoms with Gasteiger partial charge >= 0.3 is 5.97 Å². The number of hydrogen-bond donors (Lipinski definition) is 0. The van der Waals surface area contributed by atoms with Crippen LogP contribution in [-0.2, 0) is 9.53 Å². The molecule has 3 rings (SSSR count). The SMILES string of the molecule is Br.C=C1C(N2CCCC2)c2ccccc2N1CC(=O)OCC. The van der Waals surface area contributed by atoms with Crippen molar-refractivity contribution in [3.8, 4) is 0 Å². The van der Waals surface area contributed by atoms with E-state index in [0.29, 0.717) is 6.61 Å². The van der Waals surface area contributed by atoms with E-state index in [2.05, 4.69) is 29.7 Å². The van der Waals surface area contributed by atoms with Crippen molar-refractivity contribution in [3.05, 3.63) is 42.1 Å². The van der Waals surface area contributed by atoms with Crippen LogP contribution < -0.4 is 4.90 Å². The average Bonchev–Trinajstić information content (AvgIpc) is 3.07. The third-order valence-corrected chi connectivity index (χ3v) is 4.28.